The Morgan fingerprint density at radius 1 is 1.31 bits per heavy atom. The van der Waals surface area contributed by atoms with Crippen molar-refractivity contribution >= 4 is 5.96 Å². The van der Waals surface area contributed by atoms with E-state index in [0.717, 1.165) is 25.9 Å². The second kappa shape index (κ2) is 5.50. The van der Waals surface area contributed by atoms with Gasteiger partial charge in [-0.1, -0.05) is 0 Å². The van der Waals surface area contributed by atoms with Crippen LogP contribution in [-0.2, 0) is 4.74 Å². The van der Waals surface area contributed by atoms with E-state index in [1.807, 2.05) is 0 Å². The zero-order chi connectivity index (χ0) is 11.4. The first-order valence-electron chi connectivity index (χ1n) is 6.10. The number of aliphatic hydroxyl groups excluding tert-OH is 1. The lowest BCUT2D eigenvalue weighted by Crippen LogP contribution is -2.44. The highest BCUT2D eigenvalue weighted by atomic mass is 16.5. The molecule has 5 nitrogen and oxygen atoms in total. The molecular formula is C11H21N3O2. The first kappa shape index (κ1) is 11.7. The molecule has 16 heavy (non-hydrogen) atoms. The minimum atomic E-state index is 0.103. The Kier molecular flexibility index (Phi) is 4.01. The van der Waals surface area contributed by atoms with Gasteiger partial charge in [0.2, 0.25) is 0 Å². The van der Waals surface area contributed by atoms with Gasteiger partial charge in [0.25, 0.3) is 0 Å². The van der Waals surface area contributed by atoms with E-state index in [4.69, 9.17) is 15.6 Å². The molecule has 2 rings (SSSR count). The van der Waals surface area contributed by atoms with E-state index in [1.54, 1.807) is 0 Å². The lowest BCUT2D eigenvalue weighted by atomic mass is 10.1. The Bertz CT molecular complexity index is 246. The van der Waals surface area contributed by atoms with Crippen LogP contribution in [0.1, 0.15) is 25.7 Å². The average molecular weight is 227 g/mol. The van der Waals surface area contributed by atoms with E-state index in [0.29, 0.717) is 18.6 Å². The molecule has 92 valence electrons. The molecule has 1 saturated carbocycles. The maximum absolute atomic E-state index is 8.67. The van der Waals surface area contributed by atoms with E-state index in [-0.39, 0.29) is 12.7 Å². The summed E-state index contributed by atoms with van der Waals surface area (Å²) in [5, 5.41) is 8.67. The van der Waals surface area contributed by atoms with Crippen LogP contribution in [0.2, 0.25) is 0 Å². The number of likely N-dealkylation sites (tertiary alicyclic amines) is 1. The van der Waals surface area contributed by atoms with E-state index in [2.05, 4.69) is 9.89 Å². The van der Waals surface area contributed by atoms with Crippen molar-refractivity contribution in [3.63, 3.8) is 0 Å². The van der Waals surface area contributed by atoms with Crippen LogP contribution in [0.15, 0.2) is 4.99 Å². The second-order valence-electron chi connectivity index (χ2n) is 4.50. The molecule has 0 aromatic carbocycles. The van der Waals surface area contributed by atoms with Gasteiger partial charge in [-0.05, 0) is 25.7 Å². The summed E-state index contributed by atoms with van der Waals surface area (Å²) in [5.41, 5.74) is 5.93. The highest BCUT2D eigenvalue weighted by molar-refractivity contribution is 5.78. The normalized spacial score (nSPS) is 23.8. The van der Waals surface area contributed by atoms with Gasteiger partial charge in [0.05, 0.1) is 25.4 Å². The van der Waals surface area contributed by atoms with E-state index < -0.39 is 0 Å². The maximum atomic E-state index is 8.67. The molecule has 1 heterocycles. The number of hydrogen-bond acceptors (Lipinski definition) is 3. The summed E-state index contributed by atoms with van der Waals surface area (Å²) in [6.07, 6.45) is 4.60. The fourth-order valence-electron chi connectivity index (χ4n) is 1.94. The molecule has 2 fully saturated rings. The minimum absolute atomic E-state index is 0.103. The zero-order valence-corrected chi connectivity index (χ0v) is 9.64. The lowest BCUT2D eigenvalue weighted by Gasteiger charge is -2.32. The molecule has 1 saturated heterocycles. The third kappa shape index (κ3) is 3.35. The van der Waals surface area contributed by atoms with Crippen LogP contribution < -0.4 is 5.73 Å². The van der Waals surface area contributed by atoms with Gasteiger partial charge < -0.3 is 20.5 Å². The molecule has 1 aliphatic carbocycles. The summed E-state index contributed by atoms with van der Waals surface area (Å²) in [6, 6.07) is 0.489. The van der Waals surface area contributed by atoms with Crippen molar-refractivity contribution in [3.8, 4) is 0 Å². The molecular weight excluding hydrogens is 206 g/mol. The Balaban J connectivity index is 1.71. The molecule has 0 radical (unpaired) electrons. The molecule has 0 aromatic heterocycles. The second-order valence-corrected chi connectivity index (χ2v) is 4.50. The summed E-state index contributed by atoms with van der Waals surface area (Å²) in [7, 11) is 0. The summed E-state index contributed by atoms with van der Waals surface area (Å²) in [6.45, 7) is 2.37. The van der Waals surface area contributed by atoms with Crippen molar-refractivity contribution < 1.29 is 9.84 Å². The van der Waals surface area contributed by atoms with E-state index in [9.17, 15) is 0 Å². The SMILES string of the molecule is NC(=NC1CC1)N1CCC(OCCO)CC1. The monoisotopic (exact) mass is 227 g/mol. The Morgan fingerprint density at radius 2 is 2.00 bits per heavy atom. The molecule has 0 unspecified atom stereocenters. The number of ether oxygens (including phenoxy) is 1. The van der Waals surface area contributed by atoms with Gasteiger partial charge in [0, 0.05) is 13.1 Å². The predicted molar refractivity (Wildman–Crippen MR) is 62.3 cm³/mol. The molecule has 3 N–H and O–H groups in total. The Labute approximate surface area is 96.3 Å². The highest BCUT2D eigenvalue weighted by Gasteiger charge is 2.24. The molecule has 0 bridgehead atoms. The third-order valence-corrected chi connectivity index (χ3v) is 3.07. The van der Waals surface area contributed by atoms with Gasteiger partial charge in [-0.3, -0.25) is 0 Å². The van der Waals surface area contributed by atoms with Gasteiger partial charge in [-0.2, -0.15) is 0 Å². The first-order valence-corrected chi connectivity index (χ1v) is 6.10. The van der Waals surface area contributed by atoms with Crippen molar-refractivity contribution in [2.45, 2.75) is 37.8 Å². The van der Waals surface area contributed by atoms with Crippen molar-refractivity contribution in [3.05, 3.63) is 0 Å². The molecule has 0 atom stereocenters. The molecule has 2 aliphatic rings. The lowest BCUT2D eigenvalue weighted by molar-refractivity contribution is 0.00146. The predicted octanol–water partition coefficient (Wildman–Crippen LogP) is -0.0632. The number of rotatable bonds is 4. The molecule has 0 aromatic rings. The molecule has 1 aliphatic heterocycles. The third-order valence-electron chi connectivity index (χ3n) is 3.07. The molecule has 5 heteroatoms. The molecule has 0 amide bonds. The standard InChI is InChI=1S/C11H21N3O2/c12-11(13-9-1-2-9)14-5-3-10(4-6-14)16-8-7-15/h9-10,15H,1-8H2,(H2,12,13). The quantitative estimate of drug-likeness (QED) is 0.521. The summed E-state index contributed by atoms with van der Waals surface area (Å²) in [5.74, 6) is 0.697. The van der Waals surface area contributed by atoms with Crippen molar-refractivity contribution in [2.75, 3.05) is 26.3 Å². The Morgan fingerprint density at radius 3 is 2.56 bits per heavy atom. The first-order chi connectivity index (χ1) is 7.79. The van der Waals surface area contributed by atoms with Gasteiger partial charge in [0.15, 0.2) is 5.96 Å². The van der Waals surface area contributed by atoms with E-state index >= 15 is 0 Å². The number of guanidine groups is 1. The fourth-order valence-corrected chi connectivity index (χ4v) is 1.94. The van der Waals surface area contributed by atoms with Crippen molar-refractivity contribution in [2.24, 2.45) is 10.7 Å². The van der Waals surface area contributed by atoms with Gasteiger partial charge in [-0.15, -0.1) is 0 Å². The minimum Gasteiger partial charge on any atom is -0.394 e. The summed E-state index contributed by atoms with van der Waals surface area (Å²) < 4.78 is 5.50. The number of hydrogen-bond donors (Lipinski definition) is 2. The topological polar surface area (TPSA) is 71.1 Å². The number of piperidine rings is 1. The van der Waals surface area contributed by atoms with Crippen LogP contribution in [0.4, 0.5) is 0 Å². The van der Waals surface area contributed by atoms with Crippen molar-refractivity contribution in [1.82, 2.24) is 4.90 Å². The average Bonchev–Trinajstić information content (AvgIpc) is 3.11. The smallest absolute Gasteiger partial charge is 0.191 e. The van der Waals surface area contributed by atoms with Gasteiger partial charge in [0.1, 0.15) is 0 Å². The number of nitrogens with two attached hydrogens (primary N) is 1. The highest BCUT2D eigenvalue weighted by Crippen LogP contribution is 2.24. The number of aliphatic imine (C=N–C) groups is 1. The largest absolute Gasteiger partial charge is 0.394 e. The van der Waals surface area contributed by atoms with Crippen LogP contribution >= 0.6 is 0 Å². The number of nitrogens with zero attached hydrogens (tertiary/aromatic N) is 2. The maximum Gasteiger partial charge on any atom is 0.191 e. The van der Waals surface area contributed by atoms with E-state index in [1.165, 1.54) is 12.8 Å². The molecule has 0 spiro atoms. The van der Waals surface area contributed by atoms with Gasteiger partial charge in [-0.25, -0.2) is 4.99 Å². The van der Waals surface area contributed by atoms with Crippen LogP contribution in [0.25, 0.3) is 0 Å². The van der Waals surface area contributed by atoms with Crippen molar-refractivity contribution in [1.29, 1.82) is 0 Å². The van der Waals surface area contributed by atoms with Gasteiger partial charge >= 0.3 is 0 Å². The Hall–Kier alpha value is -0.810. The fraction of sp³-hybridized carbons (Fsp3) is 0.909. The van der Waals surface area contributed by atoms with Crippen LogP contribution in [0.5, 0.6) is 0 Å². The van der Waals surface area contributed by atoms with Crippen LogP contribution in [-0.4, -0.2) is 54.4 Å². The van der Waals surface area contributed by atoms with Crippen LogP contribution in [0, 0.1) is 0 Å². The van der Waals surface area contributed by atoms with Crippen LogP contribution in [0.3, 0.4) is 0 Å². The zero-order valence-electron chi connectivity index (χ0n) is 9.64. The summed E-state index contributed by atoms with van der Waals surface area (Å²) >= 11 is 0. The summed E-state index contributed by atoms with van der Waals surface area (Å²) in [4.78, 5) is 6.57. The number of aliphatic hydroxyl groups is 1.